The zero-order valence-electron chi connectivity index (χ0n) is 11.5. The van der Waals surface area contributed by atoms with Gasteiger partial charge in [-0.1, -0.05) is 18.2 Å². The van der Waals surface area contributed by atoms with Crippen molar-refractivity contribution in [2.75, 3.05) is 14.2 Å². The molecule has 0 saturated carbocycles. The molecule has 1 aromatic carbocycles. The summed E-state index contributed by atoms with van der Waals surface area (Å²) < 4.78 is 5.28. The molecule has 0 radical (unpaired) electrons. The fraction of sp³-hybridized carbons (Fsp3) is 0.188. The van der Waals surface area contributed by atoms with Crippen LogP contribution in [-0.2, 0) is 0 Å². The molecule has 0 aliphatic heterocycles. The third kappa shape index (κ3) is 2.28. The van der Waals surface area contributed by atoms with Gasteiger partial charge in [-0.15, -0.1) is 11.3 Å². The molecule has 0 amide bonds. The molecule has 1 unspecified atom stereocenters. The van der Waals surface area contributed by atoms with E-state index in [-0.39, 0.29) is 6.04 Å². The molecule has 0 aliphatic carbocycles. The number of thiophene rings is 1. The van der Waals surface area contributed by atoms with E-state index >= 15 is 0 Å². The highest BCUT2D eigenvalue weighted by atomic mass is 32.1. The van der Waals surface area contributed by atoms with Crippen LogP contribution >= 0.6 is 11.3 Å². The highest BCUT2D eigenvalue weighted by Crippen LogP contribution is 2.33. The Hall–Kier alpha value is -1.91. The Morgan fingerprint density at radius 1 is 1.30 bits per heavy atom. The van der Waals surface area contributed by atoms with Gasteiger partial charge in [0.25, 0.3) is 0 Å². The van der Waals surface area contributed by atoms with Crippen molar-refractivity contribution < 1.29 is 4.74 Å². The highest BCUT2D eigenvalue weighted by molar-refractivity contribution is 7.10. The Balaban J connectivity index is 2.11. The van der Waals surface area contributed by atoms with E-state index in [1.54, 1.807) is 18.4 Å². The monoisotopic (exact) mass is 284 g/mol. The van der Waals surface area contributed by atoms with Crippen molar-refractivity contribution in [1.29, 1.82) is 0 Å². The Kier molecular flexibility index (Phi) is 3.67. The fourth-order valence-corrected chi connectivity index (χ4v) is 3.41. The zero-order chi connectivity index (χ0) is 13.9. The van der Waals surface area contributed by atoms with Crippen LogP contribution in [0.5, 0.6) is 5.75 Å². The van der Waals surface area contributed by atoms with E-state index in [0.717, 1.165) is 5.75 Å². The molecule has 2 aromatic heterocycles. The molecule has 102 valence electrons. The second-order valence-electron chi connectivity index (χ2n) is 4.55. The molecule has 0 bridgehead atoms. The van der Waals surface area contributed by atoms with Crippen LogP contribution in [0.4, 0.5) is 0 Å². The zero-order valence-corrected chi connectivity index (χ0v) is 12.3. The van der Waals surface area contributed by atoms with E-state index in [2.05, 4.69) is 34.6 Å². The third-order valence-electron chi connectivity index (χ3n) is 3.43. The highest BCUT2D eigenvalue weighted by Gasteiger charge is 2.17. The van der Waals surface area contributed by atoms with Crippen molar-refractivity contribution in [2.45, 2.75) is 6.04 Å². The van der Waals surface area contributed by atoms with E-state index < -0.39 is 0 Å². The fourth-order valence-electron chi connectivity index (χ4n) is 2.43. The summed E-state index contributed by atoms with van der Waals surface area (Å²) in [6.07, 6.45) is 3.76. The summed E-state index contributed by atoms with van der Waals surface area (Å²) in [6.45, 7) is 0. The quantitative estimate of drug-likeness (QED) is 0.794. The largest absolute Gasteiger partial charge is 0.496 e. The van der Waals surface area contributed by atoms with Crippen LogP contribution in [0.3, 0.4) is 0 Å². The molecule has 20 heavy (non-hydrogen) atoms. The number of nitrogens with zero attached hydrogens (tertiary/aromatic N) is 1. The second-order valence-corrected chi connectivity index (χ2v) is 5.50. The lowest BCUT2D eigenvalue weighted by atomic mass is 9.99. The van der Waals surface area contributed by atoms with Gasteiger partial charge in [0, 0.05) is 28.0 Å². The Morgan fingerprint density at radius 2 is 2.20 bits per heavy atom. The lowest BCUT2D eigenvalue weighted by Crippen LogP contribution is -2.16. The van der Waals surface area contributed by atoms with Gasteiger partial charge in [0.1, 0.15) is 5.75 Å². The number of benzene rings is 1. The first kappa shape index (κ1) is 13.1. The number of hydrogen-bond donors (Lipinski definition) is 1. The molecule has 0 spiro atoms. The van der Waals surface area contributed by atoms with Gasteiger partial charge < -0.3 is 10.1 Å². The lowest BCUT2D eigenvalue weighted by Gasteiger charge is -2.17. The second kappa shape index (κ2) is 5.61. The van der Waals surface area contributed by atoms with Crippen molar-refractivity contribution in [2.24, 2.45) is 0 Å². The molecule has 0 fully saturated rings. The number of aromatic nitrogens is 1. The maximum Gasteiger partial charge on any atom is 0.129 e. The summed E-state index contributed by atoms with van der Waals surface area (Å²) in [6, 6.07) is 10.6. The molecular formula is C16H16N2OS. The van der Waals surface area contributed by atoms with E-state index in [4.69, 9.17) is 4.74 Å². The van der Waals surface area contributed by atoms with E-state index in [1.807, 2.05) is 30.9 Å². The molecule has 0 aliphatic rings. The van der Waals surface area contributed by atoms with Crippen molar-refractivity contribution >= 4 is 22.1 Å². The van der Waals surface area contributed by atoms with Crippen molar-refractivity contribution in [1.82, 2.24) is 10.3 Å². The molecule has 1 N–H and O–H groups in total. The normalized spacial score (nSPS) is 12.5. The molecule has 2 heterocycles. The molecule has 3 nitrogen and oxygen atoms in total. The Labute approximate surface area is 122 Å². The maximum atomic E-state index is 5.28. The maximum absolute atomic E-state index is 5.28. The van der Waals surface area contributed by atoms with Gasteiger partial charge in [-0.05, 0) is 30.1 Å². The minimum atomic E-state index is 0.150. The number of methoxy groups -OCH3 is 1. The standard InChI is InChI=1S/C16H16N2OS/c1-17-16(15-8-12(19-2)10-20-15)13-5-3-4-11-6-7-18-9-14(11)13/h3-10,16-17H,1-2H3. The minimum Gasteiger partial charge on any atom is -0.496 e. The van der Waals surface area contributed by atoms with Crippen LogP contribution in [0.2, 0.25) is 0 Å². The van der Waals surface area contributed by atoms with Gasteiger partial charge >= 0.3 is 0 Å². The van der Waals surface area contributed by atoms with Gasteiger partial charge in [-0.3, -0.25) is 4.98 Å². The number of fused-ring (bicyclic) bond motifs is 1. The van der Waals surface area contributed by atoms with Crippen LogP contribution in [0, 0.1) is 0 Å². The number of pyridine rings is 1. The van der Waals surface area contributed by atoms with Crippen molar-refractivity contribution in [3.63, 3.8) is 0 Å². The van der Waals surface area contributed by atoms with Crippen LogP contribution in [-0.4, -0.2) is 19.1 Å². The predicted molar refractivity (Wildman–Crippen MR) is 83.5 cm³/mol. The SMILES string of the molecule is CNC(c1cc(OC)cs1)c1cccc2ccncc12. The molecule has 4 heteroatoms. The van der Waals surface area contributed by atoms with Crippen LogP contribution in [0.25, 0.3) is 10.8 Å². The molecule has 3 aromatic rings. The number of nitrogens with one attached hydrogen (secondary N) is 1. The molecule has 1 atom stereocenters. The van der Waals surface area contributed by atoms with Gasteiger partial charge in [0.15, 0.2) is 0 Å². The van der Waals surface area contributed by atoms with Gasteiger partial charge in [-0.25, -0.2) is 0 Å². The van der Waals surface area contributed by atoms with E-state index in [9.17, 15) is 0 Å². The van der Waals surface area contributed by atoms with Crippen LogP contribution < -0.4 is 10.1 Å². The van der Waals surface area contributed by atoms with Gasteiger partial charge in [0.2, 0.25) is 0 Å². The summed E-state index contributed by atoms with van der Waals surface area (Å²) in [5, 5.41) is 7.81. The number of hydrogen-bond acceptors (Lipinski definition) is 4. The van der Waals surface area contributed by atoms with Gasteiger partial charge in [0.05, 0.1) is 13.2 Å². The third-order valence-corrected chi connectivity index (χ3v) is 4.41. The average molecular weight is 284 g/mol. The van der Waals surface area contributed by atoms with Crippen LogP contribution in [0.15, 0.2) is 48.1 Å². The van der Waals surface area contributed by atoms with Crippen molar-refractivity contribution in [3.05, 3.63) is 58.5 Å². The average Bonchev–Trinajstić information content (AvgIpc) is 2.97. The lowest BCUT2D eigenvalue weighted by molar-refractivity contribution is 0.416. The van der Waals surface area contributed by atoms with Gasteiger partial charge in [-0.2, -0.15) is 0 Å². The summed E-state index contributed by atoms with van der Waals surface area (Å²) >= 11 is 1.70. The Morgan fingerprint density at radius 3 is 2.95 bits per heavy atom. The minimum absolute atomic E-state index is 0.150. The number of ether oxygens (including phenoxy) is 1. The molecule has 0 saturated heterocycles. The summed E-state index contributed by atoms with van der Waals surface area (Å²) in [5.41, 5.74) is 1.24. The first-order chi connectivity index (χ1) is 9.83. The first-order valence-corrected chi connectivity index (χ1v) is 7.34. The van der Waals surface area contributed by atoms with Crippen LogP contribution in [0.1, 0.15) is 16.5 Å². The molecular weight excluding hydrogens is 268 g/mol. The topological polar surface area (TPSA) is 34.1 Å². The Bertz CT molecular complexity index is 718. The van der Waals surface area contributed by atoms with E-state index in [1.165, 1.54) is 21.2 Å². The van der Waals surface area contributed by atoms with Crippen molar-refractivity contribution in [3.8, 4) is 5.75 Å². The first-order valence-electron chi connectivity index (χ1n) is 6.46. The smallest absolute Gasteiger partial charge is 0.129 e. The predicted octanol–water partition coefficient (Wildman–Crippen LogP) is 3.61. The van der Waals surface area contributed by atoms with E-state index in [0.29, 0.717) is 0 Å². The summed E-state index contributed by atoms with van der Waals surface area (Å²) in [4.78, 5) is 5.49. The summed E-state index contributed by atoms with van der Waals surface area (Å²) in [7, 11) is 3.67. The number of rotatable bonds is 4. The molecule has 3 rings (SSSR count). The summed E-state index contributed by atoms with van der Waals surface area (Å²) in [5.74, 6) is 0.906.